The van der Waals surface area contributed by atoms with Crippen LogP contribution in [0.15, 0.2) is 33.4 Å². The van der Waals surface area contributed by atoms with Crippen molar-refractivity contribution in [2.45, 2.75) is 76.1 Å². The van der Waals surface area contributed by atoms with E-state index in [9.17, 15) is 31.5 Å². The Hall–Kier alpha value is -3.51. The van der Waals surface area contributed by atoms with Gasteiger partial charge in [0.1, 0.15) is 23.9 Å². The molecule has 2 amide bonds. The largest absolute Gasteiger partial charge is 0.438 e. The van der Waals surface area contributed by atoms with Crippen LogP contribution >= 0.6 is 0 Å². The highest BCUT2D eigenvalue weighted by atomic mass is 19.4. The van der Waals surface area contributed by atoms with E-state index in [0.717, 1.165) is 0 Å². The fourth-order valence-electron chi connectivity index (χ4n) is 5.35. The SMILES string of the molecule is CCc1conc1C(=O)NC(c1nc2cc(CC3CC(C(F)(F)F)NC3=O)ccc2o1)C1CCC(F)(F)CC1. The molecule has 1 saturated carbocycles. The van der Waals surface area contributed by atoms with Crippen LogP contribution in [0.1, 0.15) is 72.6 Å². The summed E-state index contributed by atoms with van der Waals surface area (Å²) < 4.78 is 77.7. The molecular formula is C26H27F5N4O4. The number of nitrogens with one attached hydrogen (secondary N) is 2. The summed E-state index contributed by atoms with van der Waals surface area (Å²) in [6.45, 7) is 1.83. The summed E-state index contributed by atoms with van der Waals surface area (Å²) in [4.78, 5) is 29.7. The molecule has 1 aliphatic heterocycles. The van der Waals surface area contributed by atoms with Crippen LogP contribution in [0, 0.1) is 11.8 Å². The molecule has 3 atom stereocenters. The first-order valence-corrected chi connectivity index (χ1v) is 12.8. The third-order valence-corrected chi connectivity index (χ3v) is 7.58. The maximum Gasteiger partial charge on any atom is 0.408 e. The van der Waals surface area contributed by atoms with E-state index in [4.69, 9.17) is 8.94 Å². The number of halogens is 5. The molecule has 2 fully saturated rings. The fraction of sp³-hybridized carbons (Fsp3) is 0.538. The number of aromatic nitrogens is 2. The highest BCUT2D eigenvalue weighted by Crippen LogP contribution is 2.42. The molecule has 1 aliphatic carbocycles. The lowest BCUT2D eigenvalue weighted by Crippen LogP contribution is -2.38. The molecule has 1 aromatic carbocycles. The van der Waals surface area contributed by atoms with Crippen LogP contribution in [-0.4, -0.2) is 40.1 Å². The van der Waals surface area contributed by atoms with E-state index in [1.165, 1.54) is 6.26 Å². The van der Waals surface area contributed by atoms with Crippen LogP contribution in [0.4, 0.5) is 22.0 Å². The number of alkyl halides is 5. The van der Waals surface area contributed by atoms with Crippen LogP contribution in [0.2, 0.25) is 0 Å². The number of oxazole rings is 1. The molecule has 0 spiro atoms. The van der Waals surface area contributed by atoms with E-state index >= 15 is 0 Å². The van der Waals surface area contributed by atoms with E-state index in [1.807, 2.05) is 12.2 Å². The molecule has 39 heavy (non-hydrogen) atoms. The minimum Gasteiger partial charge on any atom is -0.438 e. The second-order valence-electron chi connectivity index (χ2n) is 10.3. The average molecular weight is 555 g/mol. The lowest BCUT2D eigenvalue weighted by molar-refractivity contribution is -0.154. The van der Waals surface area contributed by atoms with Crippen molar-refractivity contribution < 1.29 is 40.5 Å². The maximum atomic E-state index is 13.9. The van der Waals surface area contributed by atoms with Crippen molar-refractivity contribution in [2.75, 3.05) is 0 Å². The second kappa shape index (κ2) is 10.2. The van der Waals surface area contributed by atoms with Crippen LogP contribution in [0.5, 0.6) is 0 Å². The second-order valence-corrected chi connectivity index (χ2v) is 10.3. The fourth-order valence-corrected chi connectivity index (χ4v) is 5.35. The Labute approximate surface area is 219 Å². The summed E-state index contributed by atoms with van der Waals surface area (Å²) in [7, 11) is 0. The van der Waals surface area contributed by atoms with Gasteiger partial charge in [0.15, 0.2) is 11.3 Å². The molecule has 2 N–H and O–H groups in total. The standard InChI is InChI=1S/C26H27F5N4O4/c1-2-14-12-38-35-20(14)23(37)34-21(15-5-7-25(27,28)8-6-15)24-32-17-10-13(3-4-18(17)39-24)9-16-11-19(26(29,30)31)33-22(16)36/h3-4,10,12,15-16,19,21H,2,5-9,11H2,1H3,(H,33,36)(H,34,37). The molecule has 3 heterocycles. The zero-order valence-corrected chi connectivity index (χ0v) is 21.0. The smallest absolute Gasteiger partial charge is 0.408 e. The molecule has 8 nitrogen and oxygen atoms in total. The number of aryl methyl sites for hydroxylation is 1. The summed E-state index contributed by atoms with van der Waals surface area (Å²) in [5, 5.41) is 8.61. The molecule has 3 unspecified atom stereocenters. The van der Waals surface area contributed by atoms with E-state index in [-0.39, 0.29) is 56.0 Å². The van der Waals surface area contributed by atoms with Gasteiger partial charge in [-0.3, -0.25) is 9.59 Å². The number of carbonyl (C=O) groups is 2. The van der Waals surface area contributed by atoms with Gasteiger partial charge in [0, 0.05) is 24.3 Å². The monoisotopic (exact) mass is 554 g/mol. The Morgan fingerprint density at radius 2 is 2.00 bits per heavy atom. The molecule has 210 valence electrons. The van der Waals surface area contributed by atoms with Gasteiger partial charge in [-0.05, 0) is 55.7 Å². The van der Waals surface area contributed by atoms with Gasteiger partial charge in [-0.15, -0.1) is 0 Å². The van der Waals surface area contributed by atoms with Crippen molar-refractivity contribution in [1.82, 2.24) is 20.8 Å². The van der Waals surface area contributed by atoms with Crippen LogP contribution in [-0.2, 0) is 17.6 Å². The lowest BCUT2D eigenvalue weighted by atomic mass is 9.82. The van der Waals surface area contributed by atoms with E-state index in [1.54, 1.807) is 18.2 Å². The summed E-state index contributed by atoms with van der Waals surface area (Å²) in [5.41, 5.74) is 2.01. The zero-order valence-electron chi connectivity index (χ0n) is 21.0. The summed E-state index contributed by atoms with van der Waals surface area (Å²) in [6, 6.07) is 2.16. The Balaban J connectivity index is 1.39. The zero-order chi connectivity index (χ0) is 27.9. The third-order valence-electron chi connectivity index (χ3n) is 7.58. The van der Waals surface area contributed by atoms with Crippen LogP contribution in [0.25, 0.3) is 11.1 Å². The van der Waals surface area contributed by atoms with E-state index in [0.29, 0.717) is 28.6 Å². The van der Waals surface area contributed by atoms with Gasteiger partial charge in [0.2, 0.25) is 17.7 Å². The Kier molecular flexibility index (Phi) is 7.10. The molecule has 1 saturated heterocycles. The van der Waals surface area contributed by atoms with Crippen molar-refractivity contribution in [2.24, 2.45) is 11.8 Å². The topological polar surface area (TPSA) is 110 Å². The van der Waals surface area contributed by atoms with Crippen molar-refractivity contribution >= 4 is 22.9 Å². The number of benzene rings is 1. The minimum atomic E-state index is -4.51. The molecular weight excluding hydrogens is 527 g/mol. The van der Waals surface area contributed by atoms with Crippen molar-refractivity contribution in [3.05, 3.63) is 47.2 Å². The number of fused-ring (bicyclic) bond motifs is 1. The van der Waals surface area contributed by atoms with Crippen molar-refractivity contribution in [3.63, 3.8) is 0 Å². The minimum absolute atomic E-state index is 0.0837. The third kappa shape index (κ3) is 5.76. The molecule has 5 rings (SSSR count). The first-order valence-electron chi connectivity index (χ1n) is 12.8. The predicted molar refractivity (Wildman–Crippen MR) is 127 cm³/mol. The molecule has 2 aliphatic rings. The molecule has 0 radical (unpaired) electrons. The number of nitrogens with zero attached hydrogens (tertiary/aromatic N) is 2. The van der Waals surface area contributed by atoms with Crippen molar-refractivity contribution in [3.8, 4) is 0 Å². The Morgan fingerprint density at radius 3 is 2.67 bits per heavy atom. The molecule has 2 aromatic heterocycles. The summed E-state index contributed by atoms with van der Waals surface area (Å²) >= 11 is 0. The number of hydrogen-bond donors (Lipinski definition) is 2. The molecule has 13 heteroatoms. The normalized spacial score (nSPS) is 22.7. The summed E-state index contributed by atoms with van der Waals surface area (Å²) in [6.07, 6.45) is -3.30. The van der Waals surface area contributed by atoms with E-state index in [2.05, 4.69) is 15.5 Å². The average Bonchev–Trinajstić information content (AvgIpc) is 3.60. The highest BCUT2D eigenvalue weighted by Gasteiger charge is 2.47. The lowest BCUT2D eigenvalue weighted by Gasteiger charge is -2.32. The number of carbonyl (C=O) groups excluding carboxylic acids is 2. The molecule has 3 aromatic rings. The maximum absolute atomic E-state index is 13.9. The molecule has 0 bridgehead atoms. The Morgan fingerprint density at radius 1 is 1.26 bits per heavy atom. The summed E-state index contributed by atoms with van der Waals surface area (Å²) in [5.74, 6) is -5.07. The highest BCUT2D eigenvalue weighted by molar-refractivity contribution is 5.93. The van der Waals surface area contributed by atoms with Gasteiger partial charge < -0.3 is 19.6 Å². The van der Waals surface area contributed by atoms with Gasteiger partial charge in [-0.25, -0.2) is 13.8 Å². The van der Waals surface area contributed by atoms with Gasteiger partial charge in [-0.2, -0.15) is 13.2 Å². The van der Waals surface area contributed by atoms with Gasteiger partial charge in [-0.1, -0.05) is 18.1 Å². The predicted octanol–water partition coefficient (Wildman–Crippen LogP) is 5.28. The van der Waals surface area contributed by atoms with Crippen LogP contribution < -0.4 is 10.6 Å². The number of hydrogen-bond acceptors (Lipinski definition) is 6. The number of rotatable bonds is 7. The quantitative estimate of drug-likeness (QED) is 0.385. The van der Waals surface area contributed by atoms with E-state index < -0.39 is 41.9 Å². The number of amides is 2. The van der Waals surface area contributed by atoms with Gasteiger partial charge in [0.25, 0.3) is 5.91 Å². The first kappa shape index (κ1) is 27.1. The van der Waals surface area contributed by atoms with Gasteiger partial charge >= 0.3 is 6.18 Å². The van der Waals surface area contributed by atoms with Gasteiger partial charge in [0.05, 0.1) is 0 Å². The first-order chi connectivity index (χ1) is 18.4. The Bertz CT molecular complexity index is 1360. The van der Waals surface area contributed by atoms with Crippen LogP contribution in [0.3, 0.4) is 0 Å². The van der Waals surface area contributed by atoms with Crippen molar-refractivity contribution in [1.29, 1.82) is 0 Å².